The van der Waals surface area contributed by atoms with E-state index in [1.54, 1.807) is 23.5 Å². The number of carbonyl (C=O) groups is 2. The Balaban J connectivity index is 1.17. The van der Waals surface area contributed by atoms with Gasteiger partial charge in [0.15, 0.2) is 11.5 Å². The average Bonchev–Trinajstić information content (AvgIpc) is 3.39. The SMILES string of the molecule is O=C(Nc1ccc2c(c1)OCO2)C1CCN(C(=O)c2cc3c(s2)CCCC3)CC1. The molecule has 3 aliphatic rings. The Hall–Kier alpha value is -2.54. The second-order valence-electron chi connectivity index (χ2n) is 7.89. The number of rotatable bonds is 3. The minimum atomic E-state index is -0.0824. The summed E-state index contributed by atoms with van der Waals surface area (Å²) in [5.41, 5.74) is 2.07. The molecule has 5 rings (SSSR count). The van der Waals surface area contributed by atoms with Crippen LogP contribution < -0.4 is 14.8 Å². The van der Waals surface area contributed by atoms with Crippen LogP contribution in [0.1, 0.15) is 45.8 Å². The zero-order valence-electron chi connectivity index (χ0n) is 16.2. The molecule has 2 aliphatic heterocycles. The Kier molecular flexibility index (Phi) is 4.91. The second kappa shape index (κ2) is 7.71. The molecule has 1 aromatic heterocycles. The molecule has 0 bridgehead atoms. The third-order valence-electron chi connectivity index (χ3n) is 6.00. The van der Waals surface area contributed by atoms with E-state index in [0.29, 0.717) is 43.1 Å². The summed E-state index contributed by atoms with van der Waals surface area (Å²) in [5, 5.41) is 2.97. The Morgan fingerprint density at radius 3 is 2.66 bits per heavy atom. The van der Waals surface area contributed by atoms with Crippen LogP contribution in [0.15, 0.2) is 24.3 Å². The zero-order valence-corrected chi connectivity index (χ0v) is 17.1. The number of thiophene rings is 1. The van der Waals surface area contributed by atoms with Gasteiger partial charge < -0.3 is 19.7 Å². The number of aryl methyl sites for hydroxylation is 2. The van der Waals surface area contributed by atoms with Crippen LogP contribution >= 0.6 is 11.3 Å². The number of amides is 2. The molecule has 3 heterocycles. The van der Waals surface area contributed by atoms with E-state index < -0.39 is 0 Å². The summed E-state index contributed by atoms with van der Waals surface area (Å²) in [5.74, 6) is 1.40. The first-order chi connectivity index (χ1) is 14.2. The molecular weight excluding hydrogens is 388 g/mol. The minimum Gasteiger partial charge on any atom is -0.454 e. The monoisotopic (exact) mass is 412 g/mol. The molecule has 1 fully saturated rings. The highest BCUT2D eigenvalue weighted by atomic mass is 32.1. The molecule has 1 aromatic carbocycles. The lowest BCUT2D eigenvalue weighted by Gasteiger charge is -2.31. The molecule has 1 saturated heterocycles. The third kappa shape index (κ3) is 3.71. The van der Waals surface area contributed by atoms with Crippen molar-refractivity contribution in [3.05, 3.63) is 39.6 Å². The van der Waals surface area contributed by atoms with E-state index in [-0.39, 0.29) is 24.5 Å². The second-order valence-corrected chi connectivity index (χ2v) is 9.03. The maximum absolute atomic E-state index is 12.9. The molecule has 2 aromatic rings. The van der Waals surface area contributed by atoms with Crippen molar-refractivity contribution in [1.82, 2.24) is 4.90 Å². The first-order valence-electron chi connectivity index (χ1n) is 10.3. The predicted octanol–water partition coefficient (Wildman–Crippen LogP) is 3.85. The average molecular weight is 413 g/mol. The van der Waals surface area contributed by atoms with Crippen LogP contribution in [0.2, 0.25) is 0 Å². The van der Waals surface area contributed by atoms with E-state index in [2.05, 4.69) is 11.4 Å². The normalized spacial score (nSPS) is 18.4. The van der Waals surface area contributed by atoms with Crippen molar-refractivity contribution in [1.29, 1.82) is 0 Å². The fourth-order valence-corrected chi connectivity index (χ4v) is 5.54. The van der Waals surface area contributed by atoms with Crippen LogP contribution in [0, 0.1) is 5.92 Å². The van der Waals surface area contributed by atoms with E-state index >= 15 is 0 Å². The fraction of sp³-hybridized carbons (Fsp3) is 0.455. The number of hydrogen-bond acceptors (Lipinski definition) is 5. The van der Waals surface area contributed by atoms with Gasteiger partial charge in [-0.1, -0.05) is 0 Å². The van der Waals surface area contributed by atoms with Crippen molar-refractivity contribution in [2.24, 2.45) is 5.92 Å². The van der Waals surface area contributed by atoms with Crippen LogP contribution in [0.3, 0.4) is 0 Å². The smallest absolute Gasteiger partial charge is 0.263 e. The van der Waals surface area contributed by atoms with E-state index in [1.165, 1.54) is 23.3 Å². The fourth-order valence-electron chi connectivity index (χ4n) is 4.32. The maximum atomic E-state index is 12.9. The van der Waals surface area contributed by atoms with Crippen molar-refractivity contribution in [2.75, 3.05) is 25.2 Å². The number of nitrogens with zero attached hydrogens (tertiary/aromatic N) is 1. The summed E-state index contributed by atoms with van der Waals surface area (Å²) in [6.07, 6.45) is 6.03. The molecule has 0 saturated carbocycles. The maximum Gasteiger partial charge on any atom is 0.263 e. The zero-order chi connectivity index (χ0) is 19.8. The van der Waals surface area contributed by atoms with Crippen LogP contribution in [-0.4, -0.2) is 36.6 Å². The Morgan fingerprint density at radius 2 is 1.83 bits per heavy atom. The molecule has 0 unspecified atom stereocenters. The number of likely N-dealkylation sites (tertiary alicyclic amines) is 1. The number of benzene rings is 1. The van der Waals surface area contributed by atoms with Gasteiger partial charge in [0.25, 0.3) is 5.91 Å². The van der Waals surface area contributed by atoms with Gasteiger partial charge in [0.1, 0.15) is 0 Å². The van der Waals surface area contributed by atoms with Crippen molar-refractivity contribution >= 4 is 28.8 Å². The van der Waals surface area contributed by atoms with Gasteiger partial charge in [-0.2, -0.15) is 0 Å². The third-order valence-corrected chi connectivity index (χ3v) is 7.23. The van der Waals surface area contributed by atoms with Gasteiger partial charge in [-0.3, -0.25) is 9.59 Å². The highest BCUT2D eigenvalue weighted by molar-refractivity contribution is 7.14. The standard InChI is InChI=1S/C22H24N2O4S/c25-21(23-16-5-6-17-18(12-16)28-13-27-17)14-7-9-24(10-8-14)22(26)20-11-15-3-1-2-4-19(15)29-20/h5-6,11-12,14H,1-4,7-10,13H2,(H,23,25). The van der Waals surface area contributed by atoms with Gasteiger partial charge in [0, 0.05) is 35.6 Å². The first kappa shape index (κ1) is 18.5. The molecule has 0 radical (unpaired) electrons. The van der Waals surface area contributed by atoms with Crippen LogP contribution in [-0.2, 0) is 17.6 Å². The number of anilines is 1. The highest BCUT2D eigenvalue weighted by Gasteiger charge is 2.29. The Morgan fingerprint density at radius 1 is 1.03 bits per heavy atom. The number of fused-ring (bicyclic) bond motifs is 2. The van der Waals surface area contributed by atoms with Crippen LogP contribution in [0.5, 0.6) is 11.5 Å². The Labute approximate surface area is 173 Å². The summed E-state index contributed by atoms with van der Waals surface area (Å²) in [4.78, 5) is 29.7. The molecule has 152 valence electrons. The first-order valence-corrected chi connectivity index (χ1v) is 11.1. The summed E-state index contributed by atoms with van der Waals surface area (Å²) in [7, 11) is 0. The van der Waals surface area contributed by atoms with Gasteiger partial charge in [0.05, 0.1) is 4.88 Å². The highest BCUT2D eigenvalue weighted by Crippen LogP contribution is 2.35. The van der Waals surface area contributed by atoms with Crippen LogP contribution in [0.25, 0.3) is 0 Å². The lowest BCUT2D eigenvalue weighted by Crippen LogP contribution is -2.41. The Bertz CT molecular complexity index is 923. The number of ether oxygens (including phenoxy) is 2. The minimum absolute atomic E-state index is 0.00236. The number of piperidine rings is 1. The number of carbonyl (C=O) groups excluding carboxylic acids is 2. The lowest BCUT2D eigenvalue weighted by atomic mass is 9.95. The molecular formula is C22H24N2O4S. The predicted molar refractivity (Wildman–Crippen MR) is 111 cm³/mol. The summed E-state index contributed by atoms with van der Waals surface area (Å²) in [6, 6.07) is 7.51. The topological polar surface area (TPSA) is 67.9 Å². The van der Waals surface area contributed by atoms with Gasteiger partial charge in [0.2, 0.25) is 12.7 Å². The van der Waals surface area contributed by atoms with Crippen LogP contribution in [0.4, 0.5) is 5.69 Å². The quantitative estimate of drug-likeness (QED) is 0.832. The number of nitrogens with one attached hydrogen (secondary N) is 1. The van der Waals surface area contributed by atoms with Gasteiger partial charge >= 0.3 is 0 Å². The lowest BCUT2D eigenvalue weighted by molar-refractivity contribution is -0.121. The molecule has 1 aliphatic carbocycles. The van der Waals surface area contributed by atoms with E-state index in [9.17, 15) is 9.59 Å². The largest absolute Gasteiger partial charge is 0.454 e. The van der Waals surface area contributed by atoms with E-state index in [0.717, 1.165) is 17.7 Å². The molecule has 1 N–H and O–H groups in total. The summed E-state index contributed by atoms with van der Waals surface area (Å²) >= 11 is 1.66. The molecule has 2 amide bonds. The molecule has 0 atom stereocenters. The van der Waals surface area contributed by atoms with Crippen molar-refractivity contribution in [3.63, 3.8) is 0 Å². The summed E-state index contributed by atoms with van der Waals surface area (Å²) < 4.78 is 10.7. The summed E-state index contributed by atoms with van der Waals surface area (Å²) in [6.45, 7) is 1.47. The van der Waals surface area contributed by atoms with E-state index in [4.69, 9.17) is 9.47 Å². The molecule has 6 nitrogen and oxygen atoms in total. The van der Waals surface area contributed by atoms with Gasteiger partial charge in [-0.15, -0.1) is 11.3 Å². The van der Waals surface area contributed by atoms with Gasteiger partial charge in [-0.25, -0.2) is 0 Å². The van der Waals surface area contributed by atoms with Gasteiger partial charge in [-0.05, 0) is 62.3 Å². The number of hydrogen-bond donors (Lipinski definition) is 1. The van der Waals surface area contributed by atoms with E-state index in [1.807, 2.05) is 11.0 Å². The molecule has 7 heteroatoms. The van der Waals surface area contributed by atoms with Crippen molar-refractivity contribution in [3.8, 4) is 11.5 Å². The molecule has 0 spiro atoms. The van der Waals surface area contributed by atoms with Crippen molar-refractivity contribution in [2.45, 2.75) is 38.5 Å². The van der Waals surface area contributed by atoms with Crippen molar-refractivity contribution < 1.29 is 19.1 Å². The molecule has 29 heavy (non-hydrogen) atoms.